The summed E-state index contributed by atoms with van der Waals surface area (Å²) in [7, 11) is 0. The van der Waals surface area contributed by atoms with Crippen LogP contribution >= 0.6 is 0 Å². The Balaban J connectivity index is 1.97. The van der Waals surface area contributed by atoms with E-state index in [1.165, 1.54) is 0 Å². The predicted octanol–water partition coefficient (Wildman–Crippen LogP) is 2.79. The number of ether oxygens (including phenoxy) is 1. The molecular weight excluding hydrogens is 244 g/mol. The maximum Gasteiger partial charge on any atom is 0.312 e. The summed E-state index contributed by atoms with van der Waals surface area (Å²) in [6, 6.07) is 8.68. The number of carbonyl (C=O) groups excluding carboxylic acids is 1. The number of carboxylic acid groups (broad SMARTS) is 1. The van der Waals surface area contributed by atoms with E-state index in [-0.39, 0.29) is 6.42 Å². The molecule has 19 heavy (non-hydrogen) atoms. The first-order valence-corrected chi connectivity index (χ1v) is 6.34. The molecule has 0 heterocycles. The molecule has 100 valence electrons. The smallest absolute Gasteiger partial charge is 0.312 e. The Hall–Kier alpha value is -2.10. The number of aliphatic carboxylic acids is 1. The Kier molecular flexibility index (Phi) is 4.34. The lowest BCUT2D eigenvalue weighted by Gasteiger charge is -2.13. The lowest BCUT2D eigenvalue weighted by Crippen LogP contribution is -2.22. The van der Waals surface area contributed by atoms with Gasteiger partial charge in [0.05, 0.1) is 12.3 Å². The average Bonchev–Trinajstić information content (AvgIpc) is 2.90. The van der Waals surface area contributed by atoms with Crippen molar-refractivity contribution in [2.45, 2.75) is 25.7 Å². The van der Waals surface area contributed by atoms with Crippen LogP contribution in [0.4, 0.5) is 0 Å². The molecule has 0 aliphatic heterocycles. The molecule has 0 saturated carbocycles. The third kappa shape index (κ3) is 3.68. The molecule has 0 fully saturated rings. The summed E-state index contributed by atoms with van der Waals surface area (Å²) < 4.78 is 5.13. The summed E-state index contributed by atoms with van der Waals surface area (Å²) >= 11 is 0. The molecule has 1 aromatic carbocycles. The summed E-state index contributed by atoms with van der Waals surface area (Å²) in [6.45, 7) is 0. The molecule has 4 heteroatoms. The van der Waals surface area contributed by atoms with Gasteiger partial charge in [0.25, 0.3) is 0 Å². The van der Waals surface area contributed by atoms with Gasteiger partial charge >= 0.3 is 11.9 Å². The lowest BCUT2D eigenvalue weighted by molar-refractivity contribution is -0.145. The van der Waals surface area contributed by atoms with Crippen LogP contribution in [-0.2, 0) is 9.59 Å². The van der Waals surface area contributed by atoms with Gasteiger partial charge < -0.3 is 9.84 Å². The summed E-state index contributed by atoms with van der Waals surface area (Å²) in [5.41, 5.74) is 0.845. The van der Waals surface area contributed by atoms with Gasteiger partial charge in [0, 0.05) is 0 Å². The van der Waals surface area contributed by atoms with Crippen LogP contribution in [0, 0.1) is 5.92 Å². The zero-order valence-corrected chi connectivity index (χ0v) is 10.5. The topological polar surface area (TPSA) is 63.6 Å². The number of esters is 1. The molecule has 1 atom stereocenters. The van der Waals surface area contributed by atoms with Gasteiger partial charge in [-0.1, -0.05) is 29.8 Å². The molecule has 0 saturated heterocycles. The standard InChI is InChI=1S/C15H16O4/c16-14(19-12-8-2-1-3-9-12)10-13(15(17)18)11-6-4-5-7-11/h1-3,6,8-9,13H,4-5,7,10H2,(H,17,18). The molecule has 0 amide bonds. The SMILES string of the molecule is O=C(CC(C(=O)O)C1=CCCC1)Oc1ccccc1. The quantitative estimate of drug-likeness (QED) is 0.502. The fourth-order valence-corrected chi connectivity index (χ4v) is 2.22. The largest absolute Gasteiger partial charge is 0.481 e. The molecule has 0 radical (unpaired) electrons. The average molecular weight is 260 g/mol. The van der Waals surface area contributed by atoms with Crippen LogP contribution in [0.25, 0.3) is 0 Å². The summed E-state index contributed by atoms with van der Waals surface area (Å²) in [4.78, 5) is 23.0. The predicted molar refractivity (Wildman–Crippen MR) is 69.8 cm³/mol. The molecule has 1 aromatic rings. The maximum atomic E-state index is 11.8. The Morgan fingerprint density at radius 1 is 1.26 bits per heavy atom. The van der Waals surface area contributed by atoms with E-state index >= 15 is 0 Å². The van der Waals surface area contributed by atoms with Crippen LogP contribution in [0.2, 0.25) is 0 Å². The number of para-hydroxylation sites is 1. The number of hydrogen-bond acceptors (Lipinski definition) is 3. The van der Waals surface area contributed by atoms with Crippen molar-refractivity contribution in [1.82, 2.24) is 0 Å². The minimum Gasteiger partial charge on any atom is -0.481 e. The van der Waals surface area contributed by atoms with Gasteiger partial charge in [0.15, 0.2) is 0 Å². The first-order chi connectivity index (χ1) is 9.16. The fraction of sp³-hybridized carbons (Fsp3) is 0.333. The monoisotopic (exact) mass is 260 g/mol. The van der Waals surface area contributed by atoms with Gasteiger partial charge in [0.1, 0.15) is 5.75 Å². The second-order valence-electron chi connectivity index (χ2n) is 4.55. The normalized spacial score (nSPS) is 15.7. The van der Waals surface area contributed by atoms with Crippen molar-refractivity contribution in [3.63, 3.8) is 0 Å². The maximum absolute atomic E-state index is 11.8. The third-order valence-corrected chi connectivity index (χ3v) is 3.17. The van der Waals surface area contributed by atoms with E-state index in [0.717, 1.165) is 24.8 Å². The van der Waals surface area contributed by atoms with Crippen molar-refractivity contribution in [3.8, 4) is 5.75 Å². The first-order valence-electron chi connectivity index (χ1n) is 6.34. The van der Waals surface area contributed by atoms with Gasteiger partial charge in [-0.25, -0.2) is 0 Å². The van der Waals surface area contributed by atoms with Crippen LogP contribution in [-0.4, -0.2) is 17.0 Å². The van der Waals surface area contributed by atoms with Crippen LogP contribution in [0.5, 0.6) is 5.75 Å². The molecule has 0 spiro atoms. The van der Waals surface area contributed by atoms with Gasteiger partial charge in [-0.05, 0) is 31.4 Å². The van der Waals surface area contributed by atoms with Crippen LogP contribution in [0.15, 0.2) is 42.0 Å². The molecule has 1 aliphatic carbocycles. The molecule has 1 N–H and O–H groups in total. The Bertz CT molecular complexity index is 490. The highest BCUT2D eigenvalue weighted by Crippen LogP contribution is 2.28. The highest BCUT2D eigenvalue weighted by atomic mass is 16.5. The van der Waals surface area contributed by atoms with Gasteiger partial charge in [-0.15, -0.1) is 0 Å². The molecule has 0 bridgehead atoms. The highest BCUT2D eigenvalue weighted by Gasteiger charge is 2.27. The summed E-state index contributed by atoms with van der Waals surface area (Å²) in [6.07, 6.45) is 4.43. The van der Waals surface area contributed by atoms with Crippen molar-refractivity contribution in [2.75, 3.05) is 0 Å². The minimum absolute atomic E-state index is 0.115. The minimum atomic E-state index is -0.960. The zero-order chi connectivity index (χ0) is 13.7. The van der Waals surface area contributed by atoms with E-state index in [4.69, 9.17) is 4.74 Å². The Labute approximate surface area is 111 Å². The summed E-state index contributed by atoms with van der Waals surface area (Å²) in [5, 5.41) is 9.20. The number of rotatable bonds is 5. The number of benzene rings is 1. The number of carbonyl (C=O) groups is 2. The van der Waals surface area contributed by atoms with Crippen molar-refractivity contribution >= 4 is 11.9 Å². The number of carboxylic acids is 1. The van der Waals surface area contributed by atoms with Crippen molar-refractivity contribution in [2.24, 2.45) is 5.92 Å². The zero-order valence-electron chi connectivity index (χ0n) is 10.5. The molecule has 1 unspecified atom stereocenters. The molecule has 1 aliphatic rings. The summed E-state index contributed by atoms with van der Waals surface area (Å²) in [5.74, 6) is -1.78. The van der Waals surface area contributed by atoms with Gasteiger partial charge in [-0.3, -0.25) is 9.59 Å². The van der Waals surface area contributed by atoms with Crippen LogP contribution in [0.3, 0.4) is 0 Å². The number of hydrogen-bond donors (Lipinski definition) is 1. The van der Waals surface area contributed by atoms with Crippen molar-refractivity contribution in [1.29, 1.82) is 0 Å². The number of allylic oxidation sites excluding steroid dienone is 1. The van der Waals surface area contributed by atoms with E-state index in [0.29, 0.717) is 5.75 Å². The molecular formula is C15H16O4. The molecule has 4 nitrogen and oxygen atoms in total. The highest BCUT2D eigenvalue weighted by molar-refractivity contribution is 5.82. The van der Waals surface area contributed by atoms with E-state index in [9.17, 15) is 14.7 Å². The molecule has 0 aromatic heterocycles. The lowest BCUT2D eigenvalue weighted by atomic mass is 9.95. The van der Waals surface area contributed by atoms with E-state index in [2.05, 4.69) is 0 Å². The van der Waals surface area contributed by atoms with E-state index in [1.807, 2.05) is 12.1 Å². The van der Waals surface area contributed by atoms with Gasteiger partial charge in [0.2, 0.25) is 0 Å². The van der Waals surface area contributed by atoms with E-state index < -0.39 is 17.9 Å². The third-order valence-electron chi connectivity index (χ3n) is 3.17. The van der Waals surface area contributed by atoms with Crippen LogP contribution < -0.4 is 4.74 Å². The first kappa shape index (κ1) is 13.3. The Morgan fingerprint density at radius 3 is 2.58 bits per heavy atom. The second kappa shape index (κ2) is 6.18. The molecule has 2 rings (SSSR count). The van der Waals surface area contributed by atoms with Crippen molar-refractivity contribution in [3.05, 3.63) is 42.0 Å². The fourth-order valence-electron chi connectivity index (χ4n) is 2.22. The van der Waals surface area contributed by atoms with Crippen molar-refractivity contribution < 1.29 is 19.4 Å². The van der Waals surface area contributed by atoms with Crippen LogP contribution in [0.1, 0.15) is 25.7 Å². The van der Waals surface area contributed by atoms with Gasteiger partial charge in [-0.2, -0.15) is 0 Å². The second-order valence-corrected chi connectivity index (χ2v) is 4.55. The Morgan fingerprint density at radius 2 is 2.00 bits per heavy atom. The van der Waals surface area contributed by atoms with E-state index in [1.54, 1.807) is 24.3 Å².